The van der Waals surface area contributed by atoms with E-state index in [1.165, 1.54) is 23.0 Å². The third-order valence-electron chi connectivity index (χ3n) is 6.35. The van der Waals surface area contributed by atoms with Crippen molar-refractivity contribution in [2.45, 2.75) is 54.7 Å². The largest absolute Gasteiger partial charge is 0.508 e. The summed E-state index contributed by atoms with van der Waals surface area (Å²) in [5.41, 5.74) is 0.393. The molecular weight excluding hydrogens is 469 g/mol. The molecule has 2 aromatic heterocycles. The highest BCUT2D eigenvalue weighted by atomic mass is 32.2. The molecule has 1 aliphatic carbocycles. The van der Waals surface area contributed by atoms with Gasteiger partial charge in [-0.25, -0.2) is 13.4 Å². The van der Waals surface area contributed by atoms with Crippen molar-refractivity contribution in [3.8, 4) is 5.75 Å². The number of carbonyl (C=O) groups excluding carboxylic acids is 1. The summed E-state index contributed by atoms with van der Waals surface area (Å²) < 4.78 is 46.3. The van der Waals surface area contributed by atoms with E-state index in [1.54, 1.807) is 0 Å². The number of sulfone groups is 1. The number of phenols is 1. The number of halogens is 1. The number of benzene rings is 1. The van der Waals surface area contributed by atoms with Crippen molar-refractivity contribution in [3.05, 3.63) is 34.7 Å². The Morgan fingerprint density at radius 3 is 2.67 bits per heavy atom. The molecule has 5 rings (SSSR count). The lowest BCUT2D eigenvalue weighted by Gasteiger charge is -2.26. The first-order chi connectivity index (χ1) is 15.8. The Bertz CT molecular complexity index is 1290. The number of nitrogens with zero attached hydrogens (tertiary/aromatic N) is 3. The van der Waals surface area contributed by atoms with E-state index in [4.69, 9.17) is 4.74 Å². The SMILES string of the molecule is O=C(Cc1ncc(F)s1)C(CC1CCOCC1)n1ncc2c(S(=O)(=O)C3CC3)cc(O)cc21. The van der Waals surface area contributed by atoms with Gasteiger partial charge in [0.1, 0.15) is 16.8 Å². The number of hydrogen-bond donors (Lipinski definition) is 1. The molecule has 33 heavy (non-hydrogen) atoms. The molecule has 3 aromatic rings. The molecule has 2 aliphatic rings. The number of ketones is 1. The maximum atomic E-state index is 13.4. The van der Waals surface area contributed by atoms with Crippen LogP contribution in [0.2, 0.25) is 0 Å². The molecule has 1 aliphatic heterocycles. The molecule has 2 fully saturated rings. The summed E-state index contributed by atoms with van der Waals surface area (Å²) >= 11 is 0.831. The van der Waals surface area contributed by atoms with E-state index >= 15 is 0 Å². The van der Waals surface area contributed by atoms with Gasteiger partial charge in [0, 0.05) is 24.7 Å². The molecule has 0 bridgehead atoms. The average molecular weight is 494 g/mol. The maximum absolute atomic E-state index is 13.4. The molecule has 1 aromatic carbocycles. The summed E-state index contributed by atoms with van der Waals surface area (Å²) in [5.74, 6) is -0.148. The van der Waals surface area contributed by atoms with E-state index in [2.05, 4.69) is 10.1 Å². The highest BCUT2D eigenvalue weighted by molar-refractivity contribution is 7.92. The van der Waals surface area contributed by atoms with Gasteiger partial charge in [0.25, 0.3) is 0 Å². The molecule has 1 saturated carbocycles. The number of Topliss-reactive ketones (excluding diaryl/α,β-unsaturated/α-hetero) is 1. The zero-order valence-electron chi connectivity index (χ0n) is 17.8. The van der Waals surface area contributed by atoms with E-state index in [0.29, 0.717) is 48.4 Å². The van der Waals surface area contributed by atoms with E-state index in [1.807, 2.05) is 0 Å². The molecule has 1 atom stereocenters. The third-order valence-corrected chi connectivity index (χ3v) is 9.43. The van der Waals surface area contributed by atoms with Crippen LogP contribution in [-0.2, 0) is 25.8 Å². The summed E-state index contributed by atoms with van der Waals surface area (Å²) in [6.07, 6.45) is 5.81. The molecule has 11 heteroatoms. The number of carbonyl (C=O) groups is 1. The zero-order chi connectivity index (χ0) is 23.2. The second kappa shape index (κ2) is 8.77. The van der Waals surface area contributed by atoms with Crippen LogP contribution < -0.4 is 0 Å². The molecule has 8 nitrogen and oxygen atoms in total. The normalized spacial score (nSPS) is 18.6. The van der Waals surface area contributed by atoms with E-state index in [0.717, 1.165) is 30.4 Å². The molecule has 3 heterocycles. The molecule has 1 unspecified atom stereocenters. The van der Waals surface area contributed by atoms with Gasteiger partial charge in [-0.15, -0.1) is 0 Å². The van der Waals surface area contributed by atoms with Crippen molar-refractivity contribution < 1.29 is 27.4 Å². The third kappa shape index (κ3) is 4.53. The van der Waals surface area contributed by atoms with Gasteiger partial charge >= 0.3 is 0 Å². The van der Waals surface area contributed by atoms with Crippen LogP contribution in [-0.4, -0.2) is 52.5 Å². The first kappa shape index (κ1) is 22.4. The summed E-state index contributed by atoms with van der Waals surface area (Å²) in [6, 6.07) is 2.01. The lowest BCUT2D eigenvalue weighted by atomic mass is 9.90. The monoisotopic (exact) mass is 493 g/mol. The van der Waals surface area contributed by atoms with Crippen molar-refractivity contribution in [2.75, 3.05) is 13.2 Å². The summed E-state index contributed by atoms with van der Waals surface area (Å²) in [4.78, 5) is 17.4. The smallest absolute Gasteiger partial charge is 0.196 e. The van der Waals surface area contributed by atoms with Crippen molar-refractivity contribution in [1.82, 2.24) is 14.8 Å². The van der Waals surface area contributed by atoms with Crippen molar-refractivity contribution in [3.63, 3.8) is 0 Å². The van der Waals surface area contributed by atoms with E-state index in [9.17, 15) is 22.7 Å². The Morgan fingerprint density at radius 2 is 2.00 bits per heavy atom. The van der Waals surface area contributed by atoms with Crippen LogP contribution in [0.5, 0.6) is 5.75 Å². The Labute approximate surface area is 194 Å². The molecule has 176 valence electrons. The fourth-order valence-electron chi connectivity index (χ4n) is 4.44. The molecular formula is C22H24FN3O5S2. The minimum atomic E-state index is -3.59. The summed E-state index contributed by atoms with van der Waals surface area (Å²) in [7, 11) is -3.59. The molecule has 0 amide bonds. The number of phenolic OH excluding ortho intramolecular Hbond substituents is 1. The van der Waals surface area contributed by atoms with Crippen molar-refractivity contribution >= 4 is 37.9 Å². The fraction of sp³-hybridized carbons (Fsp3) is 0.500. The lowest BCUT2D eigenvalue weighted by molar-refractivity contribution is -0.122. The van der Waals surface area contributed by atoms with Crippen molar-refractivity contribution in [2.24, 2.45) is 5.92 Å². The molecule has 1 saturated heterocycles. The molecule has 1 N–H and O–H groups in total. The van der Waals surface area contributed by atoms with E-state index < -0.39 is 26.3 Å². The average Bonchev–Trinajstić information content (AvgIpc) is 3.47. The first-order valence-electron chi connectivity index (χ1n) is 11.0. The number of rotatable bonds is 8. The first-order valence-corrected chi connectivity index (χ1v) is 13.3. The maximum Gasteiger partial charge on any atom is 0.196 e. The van der Waals surface area contributed by atoms with Gasteiger partial charge in [0.15, 0.2) is 20.8 Å². The number of aromatic nitrogens is 3. The second-order valence-corrected chi connectivity index (χ2v) is 12.0. The van der Waals surface area contributed by atoms with Crippen LogP contribution in [0, 0.1) is 11.0 Å². The quantitative estimate of drug-likeness (QED) is 0.512. The number of thiazole rings is 1. The zero-order valence-corrected chi connectivity index (χ0v) is 19.4. The number of aromatic hydroxyl groups is 1. The predicted molar refractivity (Wildman–Crippen MR) is 120 cm³/mol. The predicted octanol–water partition coefficient (Wildman–Crippen LogP) is 3.44. The van der Waals surface area contributed by atoms with Gasteiger partial charge in [-0.3, -0.25) is 9.48 Å². The molecule has 0 radical (unpaired) electrons. The van der Waals surface area contributed by atoms with E-state index in [-0.39, 0.29) is 28.8 Å². The lowest BCUT2D eigenvalue weighted by Crippen LogP contribution is -2.27. The minimum Gasteiger partial charge on any atom is -0.508 e. The topological polar surface area (TPSA) is 111 Å². The highest BCUT2D eigenvalue weighted by Gasteiger charge is 2.39. The minimum absolute atomic E-state index is 0.0458. The Kier molecular flexibility index (Phi) is 5.96. The Morgan fingerprint density at radius 1 is 1.24 bits per heavy atom. The van der Waals surface area contributed by atoms with Crippen molar-refractivity contribution in [1.29, 1.82) is 0 Å². The second-order valence-electron chi connectivity index (χ2n) is 8.72. The summed E-state index contributed by atoms with van der Waals surface area (Å²) in [5, 5.41) is 14.6. The van der Waals surface area contributed by atoms with Crippen LogP contribution in [0.25, 0.3) is 10.9 Å². The number of fused-ring (bicyclic) bond motifs is 1. The Balaban J connectivity index is 1.55. The fourth-order valence-corrected chi connectivity index (χ4v) is 6.96. The van der Waals surface area contributed by atoms with Crippen LogP contribution in [0.3, 0.4) is 0 Å². The van der Waals surface area contributed by atoms with Crippen LogP contribution in [0.1, 0.15) is 43.2 Å². The van der Waals surface area contributed by atoms with Crippen LogP contribution in [0.15, 0.2) is 29.4 Å². The van der Waals surface area contributed by atoms with Crippen LogP contribution in [0.4, 0.5) is 4.39 Å². The van der Waals surface area contributed by atoms with Gasteiger partial charge in [0.05, 0.1) is 34.5 Å². The van der Waals surface area contributed by atoms with Gasteiger partial charge < -0.3 is 9.84 Å². The van der Waals surface area contributed by atoms with Gasteiger partial charge in [-0.2, -0.15) is 9.49 Å². The standard InChI is InChI=1S/C22H24FN3O5S2/c23-21-12-24-22(32-21)10-19(28)18(7-13-3-5-31-6-4-13)26-17-8-14(27)9-20(16(17)11-25-26)33(29,30)15-1-2-15/h8-9,11-13,15,18,27H,1-7,10H2. The highest BCUT2D eigenvalue weighted by Crippen LogP contribution is 2.39. The summed E-state index contributed by atoms with van der Waals surface area (Å²) in [6.45, 7) is 1.24. The van der Waals surface area contributed by atoms with Gasteiger partial charge in [0.2, 0.25) is 0 Å². The van der Waals surface area contributed by atoms with Gasteiger partial charge in [-0.05, 0) is 44.1 Å². The number of hydrogen-bond acceptors (Lipinski definition) is 8. The molecule has 0 spiro atoms. The number of ether oxygens (including phenoxy) is 1. The van der Waals surface area contributed by atoms with Crippen LogP contribution >= 0.6 is 11.3 Å². The Hall–Kier alpha value is -2.37. The van der Waals surface area contributed by atoms with Gasteiger partial charge in [-0.1, -0.05) is 11.3 Å².